The Hall–Kier alpha value is -1.66. The molecule has 1 aliphatic heterocycles. The standard InChI is InChI=1S/C17H16BrN3OS/c1-10(2)21-17(19-9-20-21)16-8-13-12-4-3-11(18)7-14(12)22-6-5-15(13)23-16/h3-4,7-10H,5-6H2,1-2H3. The molecule has 1 aliphatic rings. The fourth-order valence-corrected chi connectivity index (χ4v) is 4.33. The predicted octanol–water partition coefficient (Wildman–Crippen LogP) is 4.95. The van der Waals surface area contributed by atoms with Gasteiger partial charge in [0.05, 0.1) is 11.5 Å². The smallest absolute Gasteiger partial charge is 0.168 e. The van der Waals surface area contributed by atoms with Gasteiger partial charge in [-0.2, -0.15) is 5.10 Å². The maximum atomic E-state index is 5.91. The second-order valence-corrected chi connectivity index (χ2v) is 7.86. The molecule has 4 rings (SSSR count). The molecule has 0 spiro atoms. The van der Waals surface area contributed by atoms with Gasteiger partial charge in [-0.15, -0.1) is 11.3 Å². The number of hydrogen-bond acceptors (Lipinski definition) is 4. The maximum absolute atomic E-state index is 5.91. The van der Waals surface area contributed by atoms with Crippen LogP contribution in [-0.4, -0.2) is 21.4 Å². The van der Waals surface area contributed by atoms with E-state index in [1.54, 1.807) is 17.7 Å². The second kappa shape index (κ2) is 5.76. The lowest BCUT2D eigenvalue weighted by Gasteiger charge is -2.08. The van der Waals surface area contributed by atoms with Crippen LogP contribution in [0.2, 0.25) is 0 Å². The summed E-state index contributed by atoms with van der Waals surface area (Å²) in [4.78, 5) is 6.98. The number of rotatable bonds is 2. The van der Waals surface area contributed by atoms with Gasteiger partial charge < -0.3 is 4.74 Å². The molecule has 0 amide bonds. The van der Waals surface area contributed by atoms with Gasteiger partial charge in [0, 0.05) is 32.9 Å². The van der Waals surface area contributed by atoms with E-state index in [0.717, 1.165) is 32.9 Å². The zero-order valence-corrected chi connectivity index (χ0v) is 15.3. The molecule has 0 saturated heterocycles. The molecular formula is C17H16BrN3OS. The Labute approximate surface area is 147 Å². The molecular weight excluding hydrogens is 374 g/mol. The average molecular weight is 390 g/mol. The molecule has 4 nitrogen and oxygen atoms in total. The zero-order valence-electron chi connectivity index (χ0n) is 12.9. The van der Waals surface area contributed by atoms with Crippen molar-refractivity contribution in [3.8, 4) is 27.6 Å². The van der Waals surface area contributed by atoms with E-state index in [9.17, 15) is 0 Å². The van der Waals surface area contributed by atoms with Crippen LogP contribution in [0.1, 0.15) is 24.8 Å². The highest BCUT2D eigenvalue weighted by Crippen LogP contribution is 2.43. The molecule has 1 aromatic carbocycles. The molecule has 0 unspecified atom stereocenters. The SMILES string of the molecule is CC(C)n1ncnc1-c1cc2c(s1)CCOc1cc(Br)ccc1-2. The highest BCUT2D eigenvalue weighted by molar-refractivity contribution is 9.10. The molecule has 3 aromatic rings. The lowest BCUT2D eigenvalue weighted by Crippen LogP contribution is -2.04. The minimum absolute atomic E-state index is 0.293. The van der Waals surface area contributed by atoms with Crippen LogP contribution in [0.5, 0.6) is 5.75 Å². The van der Waals surface area contributed by atoms with E-state index < -0.39 is 0 Å². The van der Waals surface area contributed by atoms with Crippen molar-refractivity contribution in [2.75, 3.05) is 6.61 Å². The van der Waals surface area contributed by atoms with Crippen molar-refractivity contribution < 1.29 is 4.74 Å². The zero-order chi connectivity index (χ0) is 16.0. The highest BCUT2D eigenvalue weighted by atomic mass is 79.9. The van der Waals surface area contributed by atoms with Gasteiger partial charge in [0.2, 0.25) is 0 Å². The van der Waals surface area contributed by atoms with Crippen molar-refractivity contribution in [2.45, 2.75) is 26.3 Å². The van der Waals surface area contributed by atoms with Gasteiger partial charge in [-0.25, -0.2) is 9.67 Å². The predicted molar refractivity (Wildman–Crippen MR) is 96.1 cm³/mol. The van der Waals surface area contributed by atoms with Gasteiger partial charge in [-0.05, 0) is 38.1 Å². The van der Waals surface area contributed by atoms with Crippen molar-refractivity contribution in [1.82, 2.24) is 14.8 Å². The Morgan fingerprint density at radius 3 is 2.96 bits per heavy atom. The van der Waals surface area contributed by atoms with Crippen molar-refractivity contribution >= 4 is 27.3 Å². The molecule has 2 aromatic heterocycles. The third kappa shape index (κ3) is 2.60. The molecule has 23 heavy (non-hydrogen) atoms. The number of fused-ring (bicyclic) bond motifs is 3. The Kier molecular flexibility index (Phi) is 3.73. The molecule has 0 N–H and O–H groups in total. The Balaban J connectivity index is 1.86. The summed E-state index contributed by atoms with van der Waals surface area (Å²) in [5.74, 6) is 1.88. The maximum Gasteiger partial charge on any atom is 0.168 e. The van der Waals surface area contributed by atoms with Gasteiger partial charge in [0.25, 0.3) is 0 Å². The molecule has 0 atom stereocenters. The van der Waals surface area contributed by atoms with E-state index in [1.165, 1.54) is 10.4 Å². The molecule has 0 saturated carbocycles. The van der Waals surface area contributed by atoms with Crippen LogP contribution in [0.3, 0.4) is 0 Å². The Morgan fingerprint density at radius 2 is 2.13 bits per heavy atom. The number of halogens is 1. The molecule has 0 radical (unpaired) electrons. The Bertz CT molecular complexity index is 869. The van der Waals surface area contributed by atoms with E-state index in [2.05, 4.69) is 58.1 Å². The van der Waals surface area contributed by atoms with Crippen molar-refractivity contribution in [1.29, 1.82) is 0 Å². The van der Waals surface area contributed by atoms with Crippen molar-refractivity contribution in [2.24, 2.45) is 0 Å². The van der Waals surface area contributed by atoms with Gasteiger partial charge in [0.1, 0.15) is 12.1 Å². The largest absolute Gasteiger partial charge is 0.493 e. The lowest BCUT2D eigenvalue weighted by atomic mass is 10.0. The monoisotopic (exact) mass is 389 g/mol. The van der Waals surface area contributed by atoms with Crippen molar-refractivity contribution in [3.05, 3.63) is 39.9 Å². The third-order valence-corrected chi connectivity index (χ3v) is 5.60. The minimum atomic E-state index is 0.293. The first-order valence-corrected chi connectivity index (χ1v) is 9.19. The van der Waals surface area contributed by atoms with Gasteiger partial charge in [0.15, 0.2) is 5.82 Å². The Morgan fingerprint density at radius 1 is 1.26 bits per heavy atom. The van der Waals surface area contributed by atoms with E-state index in [1.807, 2.05) is 10.7 Å². The normalized spacial score (nSPS) is 13.4. The van der Waals surface area contributed by atoms with E-state index >= 15 is 0 Å². The van der Waals surface area contributed by atoms with Gasteiger partial charge in [-0.3, -0.25) is 0 Å². The minimum Gasteiger partial charge on any atom is -0.493 e. The van der Waals surface area contributed by atoms with Crippen molar-refractivity contribution in [3.63, 3.8) is 0 Å². The van der Waals surface area contributed by atoms with Crippen LogP contribution in [0.25, 0.3) is 21.8 Å². The summed E-state index contributed by atoms with van der Waals surface area (Å²) < 4.78 is 8.92. The third-order valence-electron chi connectivity index (χ3n) is 3.91. The summed E-state index contributed by atoms with van der Waals surface area (Å²) in [6.07, 6.45) is 2.55. The number of nitrogens with zero attached hydrogens (tertiary/aromatic N) is 3. The second-order valence-electron chi connectivity index (χ2n) is 5.81. The number of ether oxygens (including phenoxy) is 1. The quantitative estimate of drug-likeness (QED) is 0.622. The summed E-state index contributed by atoms with van der Waals surface area (Å²) in [7, 11) is 0. The first-order chi connectivity index (χ1) is 11.1. The number of aromatic nitrogens is 3. The fraction of sp³-hybridized carbons (Fsp3) is 0.294. The molecule has 0 fully saturated rings. The van der Waals surface area contributed by atoms with E-state index in [4.69, 9.17) is 4.74 Å². The summed E-state index contributed by atoms with van der Waals surface area (Å²) in [5.41, 5.74) is 2.40. The first kappa shape index (κ1) is 14.9. The van der Waals surface area contributed by atoms with Gasteiger partial charge >= 0.3 is 0 Å². The molecule has 0 aliphatic carbocycles. The lowest BCUT2D eigenvalue weighted by molar-refractivity contribution is 0.327. The molecule has 6 heteroatoms. The van der Waals surface area contributed by atoms with Crippen LogP contribution in [-0.2, 0) is 6.42 Å². The van der Waals surface area contributed by atoms with Gasteiger partial charge in [-0.1, -0.05) is 15.9 Å². The number of thiophene rings is 1. The molecule has 0 bridgehead atoms. The van der Waals surface area contributed by atoms with Crippen LogP contribution in [0, 0.1) is 0 Å². The molecule has 118 valence electrons. The topological polar surface area (TPSA) is 39.9 Å². The summed E-state index contributed by atoms with van der Waals surface area (Å²) >= 11 is 5.31. The fourth-order valence-electron chi connectivity index (χ4n) is 2.85. The average Bonchev–Trinajstić information content (AvgIpc) is 3.11. The first-order valence-electron chi connectivity index (χ1n) is 7.59. The van der Waals surface area contributed by atoms with Crippen LogP contribution in [0.4, 0.5) is 0 Å². The number of hydrogen-bond donors (Lipinski definition) is 0. The summed E-state index contributed by atoms with van der Waals surface area (Å²) in [6.45, 7) is 4.95. The number of benzene rings is 1. The van der Waals surface area contributed by atoms with Crippen LogP contribution in [0.15, 0.2) is 35.1 Å². The summed E-state index contributed by atoms with van der Waals surface area (Å²) in [5, 5.41) is 4.35. The molecule has 3 heterocycles. The van der Waals surface area contributed by atoms with E-state index in [0.29, 0.717) is 12.6 Å². The van der Waals surface area contributed by atoms with Crippen LogP contribution < -0.4 is 4.74 Å². The van der Waals surface area contributed by atoms with Crippen LogP contribution >= 0.6 is 27.3 Å². The highest BCUT2D eigenvalue weighted by Gasteiger charge is 2.21. The summed E-state index contributed by atoms with van der Waals surface area (Å²) in [6, 6.07) is 8.74. The van der Waals surface area contributed by atoms with E-state index in [-0.39, 0.29) is 0 Å².